The number of nitrogens with zero attached hydrogens (tertiary/aromatic N) is 2. The number of halogens is 2. The third kappa shape index (κ3) is 8.66. The summed E-state index contributed by atoms with van der Waals surface area (Å²) in [5, 5.41) is 8.76. The van der Waals surface area contributed by atoms with Crippen molar-refractivity contribution in [2.45, 2.75) is 6.61 Å². The monoisotopic (exact) mass is 395 g/mol. The van der Waals surface area contributed by atoms with Gasteiger partial charge in [0.05, 0.1) is 24.8 Å². The normalized spacial score (nSPS) is 11.3. The Hall–Kier alpha value is -1.73. The van der Waals surface area contributed by atoms with Gasteiger partial charge in [0.25, 0.3) is 0 Å². The first-order valence-electron chi connectivity index (χ1n) is 7.59. The Morgan fingerprint density at radius 1 is 1.15 bits per heavy atom. The largest absolute Gasteiger partial charge is 1.00 e. The Morgan fingerprint density at radius 2 is 1.81 bits per heavy atom. The maximum absolute atomic E-state index is 13.4. The number of rotatable bonds is 8. The van der Waals surface area contributed by atoms with Crippen LogP contribution in [0.25, 0.3) is 5.48 Å². The summed E-state index contributed by atoms with van der Waals surface area (Å²) in [5.74, 6) is -0.689. The number of benzene rings is 2. The average Bonchev–Trinajstić information content (AvgIpc) is 2.67. The number of nitriles is 1. The number of hydrogen-bond donors (Lipinski definition) is 1. The molecule has 0 bridgehead atoms. The second-order valence-corrected chi connectivity index (χ2v) is 5.10. The summed E-state index contributed by atoms with van der Waals surface area (Å²) in [5.41, 5.74) is 10.4. The smallest absolute Gasteiger partial charge is 0.562 e. The third-order valence-corrected chi connectivity index (χ3v) is 3.16. The summed E-state index contributed by atoms with van der Waals surface area (Å²) in [6.45, 7) is 0.0355. The van der Waals surface area contributed by atoms with Crippen molar-refractivity contribution in [2.75, 3.05) is 6.61 Å². The zero-order valence-corrected chi connectivity index (χ0v) is 17.9. The van der Waals surface area contributed by atoms with Crippen LogP contribution in [0.4, 0.5) is 8.78 Å². The minimum absolute atomic E-state index is 0. The van der Waals surface area contributed by atoms with E-state index in [2.05, 4.69) is 5.48 Å². The molecule has 0 saturated heterocycles. The van der Waals surface area contributed by atoms with Crippen molar-refractivity contribution in [2.24, 2.45) is 5.73 Å². The maximum atomic E-state index is 13.4. The molecule has 0 aliphatic carbocycles. The molecule has 2 aromatic carbocycles. The molecule has 2 N–H and O–H groups in total. The van der Waals surface area contributed by atoms with Gasteiger partial charge in [-0.15, -0.1) is 5.70 Å². The Balaban J connectivity index is 0.00000364. The number of ether oxygens (including phenoxy) is 1. The van der Waals surface area contributed by atoms with Crippen LogP contribution in [0, 0.1) is 17.1 Å². The van der Waals surface area contributed by atoms with E-state index >= 15 is 0 Å². The topological polar surface area (TPSA) is 82.4 Å². The first-order chi connectivity index (χ1) is 12.6. The van der Waals surface area contributed by atoms with Gasteiger partial charge in [0.15, 0.2) is 0 Å². The van der Waals surface area contributed by atoms with Crippen LogP contribution in [0.5, 0.6) is 5.75 Å². The molecule has 0 unspecified atom stereocenters. The van der Waals surface area contributed by atoms with E-state index in [9.17, 15) is 8.78 Å². The zero-order valence-electron chi connectivity index (χ0n) is 14.7. The number of allylic oxidation sites excluding steroid dienone is 2. The van der Waals surface area contributed by atoms with Crippen molar-refractivity contribution >= 4 is 0 Å². The van der Waals surface area contributed by atoms with Gasteiger partial charge in [0.1, 0.15) is 17.4 Å². The summed E-state index contributed by atoms with van der Waals surface area (Å²) in [7, 11) is 0. The molecular weight excluding hydrogens is 379 g/mol. The van der Waals surface area contributed by atoms with Gasteiger partial charge in [-0.3, -0.25) is 0 Å². The Bertz CT molecular complexity index is 816. The van der Waals surface area contributed by atoms with Gasteiger partial charge in [0.2, 0.25) is 0 Å². The van der Waals surface area contributed by atoms with E-state index in [1.54, 1.807) is 24.3 Å². The molecule has 0 spiro atoms. The molecule has 8 heteroatoms. The zero-order chi connectivity index (χ0) is 18.8. The van der Waals surface area contributed by atoms with E-state index in [4.69, 9.17) is 20.6 Å². The van der Waals surface area contributed by atoms with E-state index in [-0.39, 0.29) is 76.1 Å². The number of hydrogen-bond acceptors (Lipinski definition) is 4. The van der Waals surface area contributed by atoms with Crippen LogP contribution in [-0.2, 0) is 11.4 Å². The molecule has 0 heterocycles. The Morgan fingerprint density at radius 3 is 2.41 bits per heavy atom. The molecule has 27 heavy (non-hydrogen) atoms. The van der Waals surface area contributed by atoms with Crippen LogP contribution in [0.3, 0.4) is 0 Å². The van der Waals surface area contributed by atoms with Gasteiger partial charge >= 0.3 is 51.4 Å². The Kier molecular flexibility index (Phi) is 10.9. The van der Waals surface area contributed by atoms with Crippen LogP contribution in [0.1, 0.15) is 11.1 Å². The van der Waals surface area contributed by atoms with Crippen molar-refractivity contribution < 1.29 is 69.7 Å². The molecule has 134 valence electrons. The third-order valence-electron chi connectivity index (χ3n) is 3.16. The molecule has 0 saturated carbocycles. The van der Waals surface area contributed by atoms with E-state index < -0.39 is 5.83 Å². The Labute approximate surface area is 198 Å². The molecule has 0 amide bonds. The van der Waals surface area contributed by atoms with Crippen LogP contribution in [0.2, 0.25) is 0 Å². The van der Waals surface area contributed by atoms with Crippen molar-refractivity contribution in [1.29, 1.82) is 5.26 Å². The standard InChI is InChI=1S/C19H16F2N3O2.K/c20-16-5-7-19(8-6-16)25-13-18(9-17(21)11-23)24-26-12-15-3-1-14(10-22)2-4-15;/h1-9,11H,12-13,23H2;/q-1;+1/b17-11+,18-9+;. The average molecular weight is 395 g/mol. The molecule has 0 radical (unpaired) electrons. The van der Waals surface area contributed by atoms with Crippen LogP contribution in [0.15, 0.2) is 72.3 Å². The fraction of sp³-hybridized carbons (Fsp3) is 0.105. The molecule has 5 nitrogen and oxygen atoms in total. The molecule has 0 atom stereocenters. The first kappa shape index (κ1) is 23.3. The van der Waals surface area contributed by atoms with E-state index in [0.717, 1.165) is 17.8 Å². The predicted octanol–water partition coefficient (Wildman–Crippen LogP) is 1.24. The quantitative estimate of drug-likeness (QED) is 0.414. The second kappa shape index (κ2) is 12.6. The van der Waals surface area contributed by atoms with Crippen molar-refractivity contribution in [3.63, 3.8) is 0 Å². The molecule has 0 aliphatic heterocycles. The van der Waals surface area contributed by atoms with Gasteiger partial charge in [-0.25, -0.2) is 8.78 Å². The summed E-state index contributed by atoms with van der Waals surface area (Å²) >= 11 is 0. The minimum atomic E-state index is -0.701. The van der Waals surface area contributed by atoms with Crippen LogP contribution < -0.4 is 61.9 Å². The summed E-state index contributed by atoms with van der Waals surface area (Å²) in [6, 6.07) is 14.2. The fourth-order valence-corrected chi connectivity index (χ4v) is 1.85. The van der Waals surface area contributed by atoms with Gasteiger partial charge in [0, 0.05) is 6.20 Å². The number of hydroxylamine groups is 1. The summed E-state index contributed by atoms with van der Waals surface area (Å²) in [4.78, 5) is 5.21. The van der Waals surface area contributed by atoms with Crippen molar-refractivity contribution in [1.82, 2.24) is 0 Å². The summed E-state index contributed by atoms with van der Waals surface area (Å²) in [6.07, 6.45) is 1.86. The van der Waals surface area contributed by atoms with Gasteiger partial charge in [-0.1, -0.05) is 12.1 Å². The van der Waals surface area contributed by atoms with E-state index in [0.29, 0.717) is 11.3 Å². The molecule has 2 aromatic rings. The molecular formula is C19H16F2KN3O2. The molecule has 0 aliphatic rings. The predicted molar refractivity (Wildman–Crippen MR) is 92.7 cm³/mol. The van der Waals surface area contributed by atoms with Gasteiger partial charge < -0.3 is 20.8 Å². The summed E-state index contributed by atoms with van der Waals surface area (Å²) < 4.78 is 31.7. The number of nitrogens with two attached hydrogens (primary N) is 1. The SMILES string of the molecule is N#Cc1ccc(CO[N-]/C(=C/C(F)=C\N)COc2ccc(F)cc2)cc1.[K+]. The van der Waals surface area contributed by atoms with Crippen molar-refractivity contribution in [3.8, 4) is 11.8 Å². The second-order valence-electron chi connectivity index (χ2n) is 5.10. The van der Waals surface area contributed by atoms with Crippen LogP contribution in [-0.4, -0.2) is 6.61 Å². The molecule has 0 aromatic heterocycles. The molecule has 2 rings (SSSR count). The maximum Gasteiger partial charge on any atom is 1.00 e. The minimum Gasteiger partial charge on any atom is -0.562 e. The van der Waals surface area contributed by atoms with Crippen molar-refractivity contribution in [3.05, 3.63) is 94.8 Å². The van der Waals surface area contributed by atoms with Gasteiger partial charge in [-0.2, -0.15) is 5.26 Å². The van der Waals surface area contributed by atoms with Gasteiger partial charge in [-0.05, 0) is 48.0 Å². The molecule has 0 fully saturated rings. The first-order valence-corrected chi connectivity index (χ1v) is 7.59. The van der Waals surface area contributed by atoms with Crippen LogP contribution >= 0.6 is 0 Å². The fourth-order valence-electron chi connectivity index (χ4n) is 1.85. The van der Waals surface area contributed by atoms with E-state index in [1.807, 2.05) is 6.07 Å². The van der Waals surface area contributed by atoms with E-state index in [1.165, 1.54) is 24.3 Å².